The molecular formula is C14H19NO6. The smallest absolute Gasteiger partial charge is 0.407 e. The summed E-state index contributed by atoms with van der Waals surface area (Å²) in [6, 6.07) is 2.77. The van der Waals surface area contributed by atoms with Crippen LogP contribution in [0.1, 0.15) is 19.4 Å². The monoisotopic (exact) mass is 297 g/mol. The highest BCUT2D eigenvalue weighted by molar-refractivity contribution is 5.80. The first-order valence-electron chi connectivity index (χ1n) is 6.46. The molecule has 1 rings (SSSR count). The number of phenolic OH excluding ortho intramolecular Hbond substituents is 2. The van der Waals surface area contributed by atoms with E-state index in [0.717, 1.165) is 0 Å². The predicted octanol–water partition coefficient (Wildman–Crippen LogP) is 1.48. The van der Waals surface area contributed by atoms with Crippen LogP contribution < -0.4 is 5.32 Å². The highest BCUT2D eigenvalue weighted by Crippen LogP contribution is 2.25. The number of carboxylic acids is 1. The van der Waals surface area contributed by atoms with Crippen molar-refractivity contribution in [2.24, 2.45) is 5.92 Å². The van der Waals surface area contributed by atoms with Gasteiger partial charge >= 0.3 is 12.1 Å². The minimum atomic E-state index is -1.22. The van der Waals surface area contributed by atoms with Crippen molar-refractivity contribution in [3.63, 3.8) is 0 Å². The Morgan fingerprint density at radius 1 is 1.24 bits per heavy atom. The fraction of sp³-hybridized carbons (Fsp3) is 0.429. The number of alkyl carbamates (subject to hydrolysis) is 1. The first-order valence-corrected chi connectivity index (χ1v) is 6.46. The summed E-state index contributed by atoms with van der Waals surface area (Å²) in [6.45, 7) is 3.92. The van der Waals surface area contributed by atoms with Crippen LogP contribution >= 0.6 is 0 Å². The lowest BCUT2D eigenvalue weighted by Gasteiger charge is -2.15. The van der Waals surface area contributed by atoms with Gasteiger partial charge in [-0.05, 0) is 23.6 Å². The zero-order valence-corrected chi connectivity index (χ0v) is 11.9. The van der Waals surface area contributed by atoms with Gasteiger partial charge in [-0.25, -0.2) is 9.59 Å². The average molecular weight is 297 g/mol. The Morgan fingerprint density at radius 2 is 1.90 bits per heavy atom. The molecule has 0 unspecified atom stereocenters. The van der Waals surface area contributed by atoms with Gasteiger partial charge in [0.2, 0.25) is 0 Å². The Bertz CT molecular complexity index is 514. The van der Waals surface area contributed by atoms with Crippen LogP contribution in [0.5, 0.6) is 11.5 Å². The van der Waals surface area contributed by atoms with Gasteiger partial charge in [0.25, 0.3) is 0 Å². The largest absolute Gasteiger partial charge is 0.504 e. The van der Waals surface area contributed by atoms with Crippen LogP contribution in [0, 0.1) is 5.92 Å². The maximum absolute atomic E-state index is 11.5. The zero-order valence-electron chi connectivity index (χ0n) is 11.9. The number of phenols is 2. The molecular weight excluding hydrogens is 278 g/mol. The number of carbonyl (C=O) groups excluding carboxylic acids is 1. The van der Waals surface area contributed by atoms with Crippen LogP contribution in [0.15, 0.2) is 18.2 Å². The molecule has 7 nitrogen and oxygen atoms in total. The molecule has 4 N–H and O–H groups in total. The van der Waals surface area contributed by atoms with Gasteiger partial charge < -0.3 is 25.4 Å². The number of carbonyl (C=O) groups is 2. The maximum atomic E-state index is 11.5. The van der Waals surface area contributed by atoms with E-state index in [1.807, 2.05) is 13.8 Å². The number of carboxylic acid groups (broad SMARTS) is 1. The second kappa shape index (κ2) is 7.37. The van der Waals surface area contributed by atoms with E-state index in [0.29, 0.717) is 5.56 Å². The molecule has 0 heterocycles. The van der Waals surface area contributed by atoms with E-state index in [1.54, 1.807) is 0 Å². The normalized spacial score (nSPS) is 12.0. The molecule has 0 saturated heterocycles. The Kier molecular flexibility index (Phi) is 5.83. The Labute approximate surface area is 122 Å². The molecule has 0 aliphatic carbocycles. The van der Waals surface area contributed by atoms with Crippen molar-refractivity contribution in [2.75, 3.05) is 6.61 Å². The second-order valence-electron chi connectivity index (χ2n) is 5.05. The quantitative estimate of drug-likeness (QED) is 0.591. The lowest BCUT2D eigenvalue weighted by Crippen LogP contribution is -2.42. The van der Waals surface area contributed by atoms with Crippen LogP contribution in [0.2, 0.25) is 0 Å². The standard InChI is InChI=1S/C14H19NO6/c1-8(2)7-21-14(20)15-10(13(18)19)5-9-3-4-11(16)12(17)6-9/h3-4,6,8,10,16-17H,5,7H2,1-2H3,(H,15,20)(H,18,19)/t10-/m0/s1. The summed E-state index contributed by atoms with van der Waals surface area (Å²) in [5, 5.41) is 29.9. The summed E-state index contributed by atoms with van der Waals surface area (Å²) in [5.41, 5.74) is 0.460. The van der Waals surface area contributed by atoms with E-state index in [1.165, 1.54) is 18.2 Å². The summed E-state index contributed by atoms with van der Waals surface area (Å²) in [5.74, 6) is -1.72. The minimum Gasteiger partial charge on any atom is -0.504 e. The number of aliphatic carboxylic acids is 1. The molecule has 0 radical (unpaired) electrons. The van der Waals surface area contributed by atoms with E-state index in [9.17, 15) is 19.8 Å². The molecule has 0 aromatic heterocycles. The summed E-state index contributed by atoms with van der Waals surface area (Å²) in [4.78, 5) is 22.6. The topological polar surface area (TPSA) is 116 Å². The fourth-order valence-corrected chi connectivity index (χ4v) is 1.56. The average Bonchev–Trinajstić information content (AvgIpc) is 2.39. The first-order chi connectivity index (χ1) is 9.79. The van der Waals surface area contributed by atoms with Gasteiger partial charge in [0.05, 0.1) is 6.61 Å². The number of hydrogen-bond donors (Lipinski definition) is 4. The molecule has 21 heavy (non-hydrogen) atoms. The summed E-state index contributed by atoms with van der Waals surface area (Å²) in [7, 11) is 0. The number of aromatic hydroxyl groups is 2. The Balaban J connectivity index is 2.67. The van der Waals surface area contributed by atoms with Crippen LogP contribution in [0.3, 0.4) is 0 Å². The van der Waals surface area contributed by atoms with Crippen molar-refractivity contribution in [1.82, 2.24) is 5.32 Å². The number of hydrogen-bond acceptors (Lipinski definition) is 5. The Hall–Kier alpha value is -2.44. The van der Waals surface area contributed by atoms with Crippen molar-refractivity contribution < 1.29 is 29.6 Å². The van der Waals surface area contributed by atoms with Gasteiger partial charge in [0.15, 0.2) is 11.5 Å². The minimum absolute atomic E-state index is 0.0417. The van der Waals surface area contributed by atoms with Crippen molar-refractivity contribution >= 4 is 12.1 Å². The van der Waals surface area contributed by atoms with Gasteiger partial charge in [0, 0.05) is 6.42 Å². The molecule has 1 atom stereocenters. The van der Waals surface area contributed by atoms with Gasteiger partial charge in [-0.1, -0.05) is 19.9 Å². The first kappa shape index (κ1) is 16.6. The van der Waals surface area contributed by atoms with Gasteiger partial charge in [-0.3, -0.25) is 0 Å². The van der Waals surface area contributed by atoms with Crippen molar-refractivity contribution in [1.29, 1.82) is 0 Å². The van der Waals surface area contributed by atoms with Crippen molar-refractivity contribution in [2.45, 2.75) is 26.3 Å². The van der Waals surface area contributed by atoms with Gasteiger partial charge in [0.1, 0.15) is 6.04 Å². The molecule has 1 aromatic rings. The number of ether oxygens (including phenoxy) is 1. The second-order valence-corrected chi connectivity index (χ2v) is 5.05. The highest BCUT2D eigenvalue weighted by atomic mass is 16.5. The molecule has 0 aliphatic rings. The fourth-order valence-electron chi connectivity index (χ4n) is 1.56. The SMILES string of the molecule is CC(C)COC(=O)N[C@@H](Cc1ccc(O)c(O)c1)C(=O)O. The van der Waals surface area contributed by atoms with Crippen LogP contribution in [0.25, 0.3) is 0 Å². The number of benzene rings is 1. The molecule has 1 amide bonds. The van der Waals surface area contributed by atoms with E-state index in [4.69, 9.17) is 9.84 Å². The van der Waals surface area contributed by atoms with Crippen LogP contribution in [0.4, 0.5) is 4.79 Å². The molecule has 1 aromatic carbocycles. The summed E-state index contributed by atoms with van der Waals surface area (Å²) >= 11 is 0. The zero-order chi connectivity index (χ0) is 16.0. The molecule has 116 valence electrons. The maximum Gasteiger partial charge on any atom is 0.407 e. The van der Waals surface area contributed by atoms with Gasteiger partial charge in [-0.2, -0.15) is 0 Å². The van der Waals surface area contributed by atoms with E-state index in [-0.39, 0.29) is 30.4 Å². The molecule has 0 spiro atoms. The molecule has 0 fully saturated rings. The molecule has 0 saturated carbocycles. The third kappa shape index (κ3) is 5.60. The third-order valence-electron chi connectivity index (χ3n) is 2.62. The predicted molar refractivity (Wildman–Crippen MR) is 74.2 cm³/mol. The van der Waals surface area contributed by atoms with Crippen molar-refractivity contribution in [3.05, 3.63) is 23.8 Å². The highest BCUT2D eigenvalue weighted by Gasteiger charge is 2.21. The van der Waals surface area contributed by atoms with E-state index in [2.05, 4.69) is 5.32 Å². The van der Waals surface area contributed by atoms with E-state index >= 15 is 0 Å². The Morgan fingerprint density at radius 3 is 2.43 bits per heavy atom. The van der Waals surface area contributed by atoms with Crippen molar-refractivity contribution in [3.8, 4) is 11.5 Å². The molecule has 0 aliphatic heterocycles. The molecule has 0 bridgehead atoms. The summed E-state index contributed by atoms with van der Waals surface area (Å²) in [6.07, 6.45) is -0.848. The van der Waals surface area contributed by atoms with Crippen LogP contribution in [-0.4, -0.2) is 40.0 Å². The third-order valence-corrected chi connectivity index (χ3v) is 2.62. The lowest BCUT2D eigenvalue weighted by atomic mass is 10.1. The van der Waals surface area contributed by atoms with Crippen LogP contribution in [-0.2, 0) is 16.0 Å². The van der Waals surface area contributed by atoms with E-state index < -0.39 is 18.1 Å². The summed E-state index contributed by atoms with van der Waals surface area (Å²) < 4.78 is 4.86. The number of nitrogens with one attached hydrogen (secondary N) is 1. The number of rotatable bonds is 6. The lowest BCUT2D eigenvalue weighted by molar-refractivity contribution is -0.139. The number of amides is 1. The van der Waals surface area contributed by atoms with Gasteiger partial charge in [-0.15, -0.1) is 0 Å². The molecule has 7 heteroatoms.